The fourth-order valence-corrected chi connectivity index (χ4v) is 3.92. The fraction of sp³-hybridized carbons (Fsp3) is 0.318. The molecule has 1 aliphatic carbocycles. The van der Waals surface area contributed by atoms with Gasteiger partial charge in [-0.15, -0.1) is 0 Å². The number of carbonyl (C=O) groups is 1. The van der Waals surface area contributed by atoms with E-state index in [0.29, 0.717) is 22.7 Å². The van der Waals surface area contributed by atoms with E-state index in [4.69, 9.17) is 9.47 Å². The van der Waals surface area contributed by atoms with Gasteiger partial charge < -0.3 is 19.8 Å². The Bertz CT molecular complexity index is 1020. The van der Waals surface area contributed by atoms with Gasteiger partial charge in [-0.3, -0.25) is 4.79 Å². The van der Waals surface area contributed by atoms with Gasteiger partial charge in [0.2, 0.25) is 0 Å². The van der Waals surface area contributed by atoms with Crippen molar-refractivity contribution in [1.82, 2.24) is 4.98 Å². The number of fused-ring (bicyclic) bond motifs is 3. The number of aryl methyl sites for hydroxylation is 3. The van der Waals surface area contributed by atoms with Crippen molar-refractivity contribution >= 4 is 22.5 Å². The molecule has 0 saturated carbocycles. The number of nitrogens with one attached hydrogen (secondary N) is 2. The Kier molecular flexibility index (Phi) is 4.52. The van der Waals surface area contributed by atoms with Crippen LogP contribution >= 0.6 is 0 Å². The Labute approximate surface area is 158 Å². The molecular formula is C22H24N2O3. The molecule has 2 aromatic carbocycles. The van der Waals surface area contributed by atoms with Crippen LogP contribution in [-0.4, -0.2) is 25.1 Å². The molecule has 5 heteroatoms. The van der Waals surface area contributed by atoms with Crippen molar-refractivity contribution in [2.75, 3.05) is 19.5 Å². The maximum atomic E-state index is 13.0. The van der Waals surface area contributed by atoms with Gasteiger partial charge in [-0.2, -0.15) is 0 Å². The van der Waals surface area contributed by atoms with E-state index in [1.807, 2.05) is 25.1 Å². The first-order valence-electron chi connectivity index (χ1n) is 9.28. The number of carbonyl (C=O) groups excluding carboxylic acids is 1. The molecule has 140 valence electrons. The Morgan fingerprint density at radius 1 is 1.07 bits per heavy atom. The smallest absolute Gasteiger partial charge is 0.257 e. The van der Waals surface area contributed by atoms with Crippen molar-refractivity contribution in [2.24, 2.45) is 0 Å². The number of hydrogen-bond acceptors (Lipinski definition) is 3. The second-order valence-corrected chi connectivity index (χ2v) is 6.99. The number of hydrogen-bond donors (Lipinski definition) is 2. The zero-order valence-electron chi connectivity index (χ0n) is 15.9. The van der Waals surface area contributed by atoms with Crippen LogP contribution in [0.1, 0.15) is 40.0 Å². The molecule has 1 heterocycles. The lowest BCUT2D eigenvalue weighted by atomic mass is 9.95. The van der Waals surface area contributed by atoms with Crippen molar-refractivity contribution in [1.29, 1.82) is 0 Å². The molecule has 0 bridgehead atoms. The maximum Gasteiger partial charge on any atom is 0.257 e. The molecule has 0 atom stereocenters. The first-order valence-corrected chi connectivity index (χ1v) is 9.28. The van der Waals surface area contributed by atoms with Crippen molar-refractivity contribution in [3.8, 4) is 11.5 Å². The number of aromatic nitrogens is 1. The zero-order valence-corrected chi connectivity index (χ0v) is 15.9. The fourth-order valence-electron chi connectivity index (χ4n) is 3.92. The van der Waals surface area contributed by atoms with Crippen molar-refractivity contribution in [3.05, 3.63) is 52.7 Å². The first-order chi connectivity index (χ1) is 13.1. The summed E-state index contributed by atoms with van der Waals surface area (Å²) in [5, 5.41) is 4.20. The van der Waals surface area contributed by atoms with Crippen LogP contribution < -0.4 is 14.8 Å². The van der Waals surface area contributed by atoms with Gasteiger partial charge in [0.15, 0.2) is 11.5 Å². The van der Waals surface area contributed by atoms with Crippen LogP contribution in [0.5, 0.6) is 11.5 Å². The molecule has 3 aromatic rings. The van der Waals surface area contributed by atoms with Crippen molar-refractivity contribution in [2.45, 2.75) is 32.6 Å². The van der Waals surface area contributed by atoms with E-state index in [2.05, 4.69) is 16.4 Å². The number of rotatable bonds is 4. The van der Waals surface area contributed by atoms with Crippen LogP contribution in [0.4, 0.5) is 5.69 Å². The molecule has 1 aliphatic rings. The highest BCUT2D eigenvalue weighted by atomic mass is 16.5. The minimum Gasteiger partial charge on any atom is -0.493 e. The second kappa shape index (κ2) is 6.99. The summed E-state index contributed by atoms with van der Waals surface area (Å²) < 4.78 is 10.7. The molecule has 5 nitrogen and oxygen atoms in total. The van der Waals surface area contributed by atoms with E-state index < -0.39 is 0 Å². The number of aromatic amines is 1. The third kappa shape index (κ3) is 3.03. The molecule has 2 N–H and O–H groups in total. The number of amides is 1. The Morgan fingerprint density at radius 3 is 2.59 bits per heavy atom. The molecule has 0 unspecified atom stereocenters. The highest BCUT2D eigenvalue weighted by molar-refractivity contribution is 6.13. The summed E-state index contributed by atoms with van der Waals surface area (Å²) in [5.74, 6) is 1.11. The number of ether oxygens (including phenoxy) is 2. The lowest BCUT2D eigenvalue weighted by molar-refractivity contribution is 0.102. The van der Waals surface area contributed by atoms with Gasteiger partial charge in [-0.25, -0.2) is 0 Å². The standard InChI is InChI=1S/C22H24N2O3/c1-13-11-19(26-2)20(27-3)12-18(13)24-22(25)16-9-6-8-15-14-7-4-5-10-17(14)23-21(15)16/h6,8-9,11-12,23H,4-5,7,10H2,1-3H3,(H,24,25). The van der Waals surface area contributed by atoms with Gasteiger partial charge in [-0.05, 0) is 55.9 Å². The molecule has 0 fully saturated rings. The summed E-state index contributed by atoms with van der Waals surface area (Å²) in [6.07, 6.45) is 4.54. The Balaban J connectivity index is 1.71. The van der Waals surface area contributed by atoms with E-state index in [1.54, 1.807) is 20.3 Å². The predicted molar refractivity (Wildman–Crippen MR) is 107 cm³/mol. The van der Waals surface area contributed by atoms with Crippen LogP contribution in [0, 0.1) is 6.92 Å². The summed E-state index contributed by atoms with van der Waals surface area (Å²) in [5.41, 5.74) is 5.87. The molecule has 0 radical (unpaired) electrons. The van der Waals surface area contributed by atoms with Gasteiger partial charge >= 0.3 is 0 Å². The molecule has 4 rings (SSSR count). The van der Waals surface area contributed by atoms with Crippen molar-refractivity contribution in [3.63, 3.8) is 0 Å². The molecule has 1 amide bonds. The SMILES string of the molecule is COc1cc(C)c(NC(=O)c2cccc3c4c([nH]c23)CCCC4)cc1OC. The van der Waals surface area contributed by atoms with Crippen LogP contribution in [0.3, 0.4) is 0 Å². The van der Waals surface area contributed by atoms with Gasteiger partial charge in [0.05, 0.1) is 25.3 Å². The Hall–Kier alpha value is -2.95. The van der Waals surface area contributed by atoms with Crippen LogP contribution in [0.15, 0.2) is 30.3 Å². The van der Waals surface area contributed by atoms with Gasteiger partial charge in [0.1, 0.15) is 0 Å². The summed E-state index contributed by atoms with van der Waals surface area (Å²) in [6.45, 7) is 1.94. The third-order valence-electron chi connectivity index (χ3n) is 5.36. The summed E-state index contributed by atoms with van der Waals surface area (Å²) >= 11 is 0. The molecule has 0 aliphatic heterocycles. The minimum absolute atomic E-state index is 0.130. The zero-order chi connectivity index (χ0) is 19.0. The van der Waals surface area contributed by atoms with E-state index in [0.717, 1.165) is 23.9 Å². The van der Waals surface area contributed by atoms with Crippen LogP contribution in [0.2, 0.25) is 0 Å². The lowest BCUT2D eigenvalue weighted by Gasteiger charge is -2.14. The van der Waals surface area contributed by atoms with E-state index in [9.17, 15) is 4.79 Å². The number of benzene rings is 2. The second-order valence-electron chi connectivity index (χ2n) is 6.99. The average Bonchev–Trinajstić information content (AvgIpc) is 3.07. The molecular weight excluding hydrogens is 340 g/mol. The van der Waals surface area contributed by atoms with Gasteiger partial charge in [-0.1, -0.05) is 12.1 Å². The van der Waals surface area contributed by atoms with Crippen LogP contribution in [0.25, 0.3) is 10.9 Å². The Morgan fingerprint density at radius 2 is 1.81 bits per heavy atom. The first kappa shape index (κ1) is 17.5. The minimum atomic E-state index is -0.130. The lowest BCUT2D eigenvalue weighted by Crippen LogP contribution is -2.13. The third-order valence-corrected chi connectivity index (χ3v) is 5.36. The highest BCUT2D eigenvalue weighted by Crippen LogP contribution is 2.34. The van der Waals surface area contributed by atoms with Crippen molar-refractivity contribution < 1.29 is 14.3 Å². The number of methoxy groups -OCH3 is 2. The quantitative estimate of drug-likeness (QED) is 0.710. The number of para-hydroxylation sites is 1. The average molecular weight is 364 g/mol. The molecule has 0 spiro atoms. The molecule has 27 heavy (non-hydrogen) atoms. The summed E-state index contributed by atoms with van der Waals surface area (Å²) in [4.78, 5) is 16.5. The monoisotopic (exact) mass is 364 g/mol. The van der Waals surface area contributed by atoms with Gasteiger partial charge in [0, 0.05) is 22.8 Å². The largest absolute Gasteiger partial charge is 0.493 e. The van der Waals surface area contributed by atoms with Crippen LogP contribution in [-0.2, 0) is 12.8 Å². The van der Waals surface area contributed by atoms with Gasteiger partial charge in [0.25, 0.3) is 5.91 Å². The number of anilines is 1. The van der Waals surface area contributed by atoms with E-state index in [-0.39, 0.29) is 5.91 Å². The summed E-state index contributed by atoms with van der Waals surface area (Å²) in [6, 6.07) is 9.60. The summed E-state index contributed by atoms with van der Waals surface area (Å²) in [7, 11) is 3.19. The topological polar surface area (TPSA) is 63.3 Å². The molecule has 1 aromatic heterocycles. The van der Waals surface area contributed by atoms with E-state index in [1.165, 1.54) is 29.5 Å². The normalized spacial score (nSPS) is 13.3. The van der Waals surface area contributed by atoms with E-state index >= 15 is 0 Å². The molecule has 0 saturated heterocycles. The number of H-pyrrole nitrogens is 1. The predicted octanol–water partition coefficient (Wildman–Crippen LogP) is 4.62. The maximum absolute atomic E-state index is 13.0. The highest BCUT2D eigenvalue weighted by Gasteiger charge is 2.20.